The number of hydrogen-bond acceptors (Lipinski definition) is 4. The van der Waals surface area contributed by atoms with Crippen LogP contribution < -0.4 is 0 Å². The smallest absolute Gasteiger partial charge is 0.249 e. The molecular formula is C21H22ClN3O. The van der Waals surface area contributed by atoms with Crippen LogP contribution in [0.4, 0.5) is 0 Å². The lowest BCUT2D eigenvalue weighted by Gasteiger charge is -2.28. The van der Waals surface area contributed by atoms with Crippen LogP contribution >= 0.6 is 11.6 Å². The van der Waals surface area contributed by atoms with Gasteiger partial charge in [0, 0.05) is 12.6 Å². The molecule has 0 amide bonds. The van der Waals surface area contributed by atoms with Crippen LogP contribution in [0.25, 0.3) is 11.5 Å². The fourth-order valence-corrected chi connectivity index (χ4v) is 3.49. The lowest BCUT2D eigenvalue weighted by Crippen LogP contribution is -2.33. The number of benzene rings is 2. The van der Waals surface area contributed by atoms with E-state index < -0.39 is 0 Å². The van der Waals surface area contributed by atoms with Gasteiger partial charge in [-0.1, -0.05) is 54.1 Å². The molecule has 0 bridgehead atoms. The van der Waals surface area contributed by atoms with Crippen molar-refractivity contribution in [2.45, 2.75) is 38.9 Å². The molecule has 0 saturated heterocycles. The van der Waals surface area contributed by atoms with Crippen molar-refractivity contribution in [3.8, 4) is 11.5 Å². The maximum absolute atomic E-state index is 6.24. The number of aromatic nitrogens is 2. The Labute approximate surface area is 158 Å². The van der Waals surface area contributed by atoms with Crippen LogP contribution in [-0.2, 0) is 13.1 Å². The zero-order chi connectivity index (χ0) is 17.9. The summed E-state index contributed by atoms with van der Waals surface area (Å²) in [4.78, 5) is 2.43. The van der Waals surface area contributed by atoms with Crippen molar-refractivity contribution in [2.75, 3.05) is 0 Å². The summed E-state index contributed by atoms with van der Waals surface area (Å²) in [6.07, 6.45) is 2.61. The Hall–Kier alpha value is -2.17. The topological polar surface area (TPSA) is 42.2 Å². The van der Waals surface area contributed by atoms with Gasteiger partial charge >= 0.3 is 0 Å². The Balaban J connectivity index is 1.53. The van der Waals surface area contributed by atoms with E-state index in [1.54, 1.807) is 0 Å². The molecule has 2 aromatic carbocycles. The maximum atomic E-state index is 6.24. The van der Waals surface area contributed by atoms with Crippen LogP contribution in [0, 0.1) is 5.92 Å². The van der Waals surface area contributed by atoms with E-state index in [2.05, 4.69) is 46.3 Å². The highest BCUT2D eigenvalue weighted by Gasteiger charge is 2.32. The molecule has 1 aliphatic rings. The maximum Gasteiger partial charge on any atom is 0.249 e. The number of rotatable bonds is 7. The van der Waals surface area contributed by atoms with E-state index in [0.29, 0.717) is 29.4 Å². The molecule has 0 spiro atoms. The highest BCUT2D eigenvalue weighted by molar-refractivity contribution is 6.33. The molecule has 1 aromatic heterocycles. The molecule has 4 rings (SSSR count). The Morgan fingerprint density at radius 2 is 1.77 bits per heavy atom. The minimum atomic E-state index is 0.476. The van der Waals surface area contributed by atoms with E-state index in [0.717, 1.165) is 18.0 Å². The van der Waals surface area contributed by atoms with Crippen LogP contribution in [0.5, 0.6) is 0 Å². The summed E-state index contributed by atoms with van der Waals surface area (Å²) in [6, 6.07) is 18.6. The van der Waals surface area contributed by atoms with Gasteiger partial charge in [0.1, 0.15) is 0 Å². The first-order valence-electron chi connectivity index (χ1n) is 9.06. The summed E-state index contributed by atoms with van der Waals surface area (Å²) in [5.74, 6) is 1.87. The summed E-state index contributed by atoms with van der Waals surface area (Å²) in [6.45, 7) is 3.82. The van der Waals surface area contributed by atoms with Crippen molar-refractivity contribution < 1.29 is 4.42 Å². The minimum Gasteiger partial charge on any atom is -0.419 e. The molecular weight excluding hydrogens is 346 g/mol. The second kappa shape index (κ2) is 7.60. The lowest BCUT2D eigenvalue weighted by atomic mass is 10.1. The van der Waals surface area contributed by atoms with Gasteiger partial charge < -0.3 is 4.42 Å². The molecule has 0 aliphatic heterocycles. The van der Waals surface area contributed by atoms with Crippen LogP contribution in [-0.4, -0.2) is 21.1 Å². The Kier molecular flexibility index (Phi) is 5.05. The molecule has 0 radical (unpaired) electrons. The van der Waals surface area contributed by atoms with Crippen molar-refractivity contribution in [1.29, 1.82) is 0 Å². The van der Waals surface area contributed by atoms with E-state index in [9.17, 15) is 0 Å². The molecule has 1 atom stereocenters. The van der Waals surface area contributed by atoms with Crippen LogP contribution in [0.3, 0.4) is 0 Å². The molecule has 5 heteroatoms. The van der Waals surface area contributed by atoms with Gasteiger partial charge in [-0.05, 0) is 43.4 Å². The summed E-state index contributed by atoms with van der Waals surface area (Å²) in [5.41, 5.74) is 2.07. The van der Waals surface area contributed by atoms with Crippen molar-refractivity contribution in [1.82, 2.24) is 15.1 Å². The van der Waals surface area contributed by atoms with Gasteiger partial charge in [-0.25, -0.2) is 0 Å². The molecule has 1 unspecified atom stereocenters. The molecule has 0 N–H and O–H groups in total. The SMILES string of the molecule is CC(C1CC1)N(Cc1ccccc1)Cc1nnc(-c2ccccc2Cl)o1. The summed E-state index contributed by atoms with van der Waals surface area (Å²) in [5, 5.41) is 9.08. The quantitative estimate of drug-likeness (QED) is 0.576. The van der Waals surface area contributed by atoms with Crippen LogP contribution in [0.1, 0.15) is 31.2 Å². The van der Waals surface area contributed by atoms with Crippen LogP contribution in [0.15, 0.2) is 59.0 Å². The van der Waals surface area contributed by atoms with Gasteiger partial charge in [-0.15, -0.1) is 10.2 Å². The second-order valence-corrected chi connectivity index (χ2v) is 7.36. The first-order valence-corrected chi connectivity index (χ1v) is 9.44. The third-order valence-corrected chi connectivity index (χ3v) is 5.35. The van der Waals surface area contributed by atoms with Gasteiger partial charge in [-0.3, -0.25) is 4.90 Å². The predicted molar refractivity (Wildman–Crippen MR) is 103 cm³/mol. The monoisotopic (exact) mass is 367 g/mol. The van der Waals surface area contributed by atoms with Crippen molar-refractivity contribution in [2.24, 2.45) is 5.92 Å². The summed E-state index contributed by atoms with van der Waals surface area (Å²) >= 11 is 6.24. The average molecular weight is 368 g/mol. The number of halogens is 1. The van der Waals surface area contributed by atoms with E-state index in [4.69, 9.17) is 16.0 Å². The standard InChI is InChI=1S/C21H22ClN3O/c1-15(17-11-12-17)25(13-16-7-3-2-4-8-16)14-20-23-24-21(26-20)18-9-5-6-10-19(18)22/h2-10,15,17H,11-14H2,1H3. The van der Waals surface area contributed by atoms with Gasteiger partial charge in [0.25, 0.3) is 0 Å². The van der Waals surface area contributed by atoms with E-state index >= 15 is 0 Å². The molecule has 4 nitrogen and oxygen atoms in total. The second-order valence-electron chi connectivity index (χ2n) is 6.95. The molecule has 134 valence electrons. The molecule has 1 heterocycles. The lowest BCUT2D eigenvalue weighted by molar-refractivity contribution is 0.156. The van der Waals surface area contributed by atoms with Gasteiger partial charge in [0.05, 0.1) is 17.1 Å². The summed E-state index contributed by atoms with van der Waals surface area (Å²) < 4.78 is 5.92. The zero-order valence-corrected chi connectivity index (χ0v) is 15.6. The Morgan fingerprint density at radius 1 is 1.04 bits per heavy atom. The molecule has 3 aromatic rings. The van der Waals surface area contributed by atoms with Gasteiger partial charge in [0.2, 0.25) is 11.8 Å². The number of nitrogens with zero attached hydrogens (tertiary/aromatic N) is 3. The molecule has 1 fully saturated rings. The predicted octanol–water partition coefficient (Wildman–Crippen LogP) is 5.19. The van der Waals surface area contributed by atoms with E-state index in [-0.39, 0.29) is 0 Å². The number of hydrogen-bond donors (Lipinski definition) is 0. The normalized spacial score (nSPS) is 15.3. The first kappa shape index (κ1) is 17.3. The highest BCUT2D eigenvalue weighted by Crippen LogP contribution is 2.36. The third kappa shape index (κ3) is 3.97. The Morgan fingerprint density at radius 3 is 2.50 bits per heavy atom. The average Bonchev–Trinajstić information content (AvgIpc) is 3.41. The van der Waals surface area contributed by atoms with E-state index in [1.807, 2.05) is 30.3 Å². The third-order valence-electron chi connectivity index (χ3n) is 5.02. The zero-order valence-electron chi connectivity index (χ0n) is 14.8. The van der Waals surface area contributed by atoms with Crippen molar-refractivity contribution in [3.05, 3.63) is 71.1 Å². The fraction of sp³-hybridized carbons (Fsp3) is 0.333. The van der Waals surface area contributed by atoms with Crippen LogP contribution in [0.2, 0.25) is 5.02 Å². The van der Waals surface area contributed by atoms with Gasteiger partial charge in [0.15, 0.2) is 0 Å². The highest BCUT2D eigenvalue weighted by atomic mass is 35.5. The Bertz CT molecular complexity index is 860. The van der Waals surface area contributed by atoms with Crippen molar-refractivity contribution >= 4 is 11.6 Å². The molecule has 26 heavy (non-hydrogen) atoms. The first-order chi connectivity index (χ1) is 12.7. The summed E-state index contributed by atoms with van der Waals surface area (Å²) in [7, 11) is 0. The molecule has 1 saturated carbocycles. The fourth-order valence-electron chi connectivity index (χ4n) is 3.27. The minimum absolute atomic E-state index is 0.476. The largest absolute Gasteiger partial charge is 0.419 e. The van der Waals surface area contributed by atoms with Gasteiger partial charge in [-0.2, -0.15) is 0 Å². The van der Waals surface area contributed by atoms with E-state index in [1.165, 1.54) is 18.4 Å². The molecule has 1 aliphatic carbocycles. The van der Waals surface area contributed by atoms with Crippen molar-refractivity contribution in [3.63, 3.8) is 0 Å².